The number of nitrogens with zero attached hydrogens (tertiary/aromatic N) is 4. The van der Waals surface area contributed by atoms with E-state index in [4.69, 9.17) is 4.74 Å². The highest BCUT2D eigenvalue weighted by Gasteiger charge is 2.12. The third kappa shape index (κ3) is 4.89. The van der Waals surface area contributed by atoms with Gasteiger partial charge in [-0.25, -0.2) is 14.8 Å². The molecule has 3 aromatic heterocycles. The lowest BCUT2D eigenvalue weighted by molar-refractivity contribution is -0.0182. The summed E-state index contributed by atoms with van der Waals surface area (Å²) in [5, 5.41) is 8.13. The molecule has 9 heteroatoms. The standard InChI is InChI=1S/C19H20N6O2S/c26-19(24-17-12-28-18(22-17)14-5-7-20-8-6-14)23-16-4-1-3-15(21-16)11-25-9-2-10-27-13-25/h1,3-8,12H,2,9-11,13H2,(H2,21,23,24,26). The van der Waals surface area contributed by atoms with Crippen LogP contribution in [0.4, 0.5) is 16.4 Å². The Morgan fingerprint density at radius 2 is 2.00 bits per heavy atom. The Balaban J connectivity index is 1.35. The molecule has 0 aliphatic carbocycles. The van der Waals surface area contributed by atoms with E-state index < -0.39 is 0 Å². The third-order valence-electron chi connectivity index (χ3n) is 4.14. The molecule has 0 aromatic carbocycles. The molecular weight excluding hydrogens is 376 g/mol. The summed E-state index contributed by atoms with van der Waals surface area (Å²) in [4.78, 5) is 27.4. The fraction of sp³-hybridized carbons (Fsp3) is 0.263. The highest BCUT2D eigenvalue weighted by atomic mass is 32.1. The average Bonchev–Trinajstić information content (AvgIpc) is 3.18. The highest BCUT2D eigenvalue weighted by molar-refractivity contribution is 7.13. The molecule has 28 heavy (non-hydrogen) atoms. The maximum atomic E-state index is 12.3. The van der Waals surface area contributed by atoms with Crippen molar-refractivity contribution in [1.82, 2.24) is 19.9 Å². The number of thiazole rings is 1. The SMILES string of the molecule is O=C(Nc1cccc(CN2CCCOC2)n1)Nc1csc(-c2ccncc2)n1. The van der Waals surface area contributed by atoms with E-state index in [0.717, 1.165) is 35.8 Å². The first-order valence-electron chi connectivity index (χ1n) is 8.96. The molecule has 2 N–H and O–H groups in total. The summed E-state index contributed by atoms with van der Waals surface area (Å²) in [6, 6.07) is 8.97. The van der Waals surface area contributed by atoms with Crippen molar-refractivity contribution in [2.24, 2.45) is 0 Å². The van der Waals surface area contributed by atoms with E-state index in [1.807, 2.05) is 24.3 Å². The molecule has 8 nitrogen and oxygen atoms in total. The number of pyridine rings is 2. The van der Waals surface area contributed by atoms with Crippen molar-refractivity contribution in [2.45, 2.75) is 13.0 Å². The summed E-state index contributed by atoms with van der Waals surface area (Å²) < 4.78 is 5.46. The predicted octanol–water partition coefficient (Wildman–Crippen LogP) is 3.42. The first-order valence-corrected chi connectivity index (χ1v) is 9.84. The zero-order valence-electron chi connectivity index (χ0n) is 15.2. The van der Waals surface area contributed by atoms with Crippen LogP contribution in [0.25, 0.3) is 10.6 Å². The molecular formula is C19H20N6O2S. The van der Waals surface area contributed by atoms with Crippen LogP contribution in [-0.2, 0) is 11.3 Å². The molecule has 0 bridgehead atoms. The molecule has 4 heterocycles. The average molecular weight is 396 g/mol. The molecule has 1 fully saturated rings. The second-order valence-electron chi connectivity index (χ2n) is 6.31. The van der Waals surface area contributed by atoms with Gasteiger partial charge in [-0.2, -0.15) is 0 Å². The number of aromatic nitrogens is 3. The van der Waals surface area contributed by atoms with Crippen molar-refractivity contribution >= 4 is 29.0 Å². The van der Waals surface area contributed by atoms with Crippen molar-refractivity contribution in [3.8, 4) is 10.6 Å². The van der Waals surface area contributed by atoms with Crippen molar-refractivity contribution < 1.29 is 9.53 Å². The molecule has 3 aromatic rings. The maximum Gasteiger partial charge on any atom is 0.326 e. The van der Waals surface area contributed by atoms with E-state index >= 15 is 0 Å². The number of urea groups is 1. The van der Waals surface area contributed by atoms with E-state index in [1.165, 1.54) is 11.3 Å². The van der Waals surface area contributed by atoms with Crippen molar-refractivity contribution in [2.75, 3.05) is 30.5 Å². The maximum absolute atomic E-state index is 12.3. The zero-order valence-corrected chi connectivity index (χ0v) is 16.0. The van der Waals surface area contributed by atoms with Crippen LogP contribution < -0.4 is 10.6 Å². The molecule has 0 saturated carbocycles. The number of amides is 2. The fourth-order valence-corrected chi connectivity index (χ4v) is 3.62. The number of ether oxygens (including phenoxy) is 1. The van der Waals surface area contributed by atoms with Crippen LogP contribution in [0.15, 0.2) is 48.1 Å². The van der Waals surface area contributed by atoms with Gasteiger partial charge >= 0.3 is 6.03 Å². The Hall–Kier alpha value is -2.88. The lowest BCUT2D eigenvalue weighted by Gasteiger charge is -2.26. The summed E-state index contributed by atoms with van der Waals surface area (Å²) in [5.74, 6) is 0.994. The van der Waals surface area contributed by atoms with Crippen LogP contribution >= 0.6 is 11.3 Å². The molecule has 1 aliphatic rings. The van der Waals surface area contributed by atoms with Gasteiger partial charge in [0, 0.05) is 43.0 Å². The minimum Gasteiger partial charge on any atom is -0.366 e. The van der Waals surface area contributed by atoms with Crippen LogP contribution in [-0.4, -0.2) is 45.8 Å². The molecule has 0 unspecified atom stereocenters. The Labute approximate surface area is 166 Å². The molecule has 1 aliphatic heterocycles. The Morgan fingerprint density at radius 3 is 2.82 bits per heavy atom. The van der Waals surface area contributed by atoms with Crippen LogP contribution in [0.2, 0.25) is 0 Å². The van der Waals surface area contributed by atoms with Gasteiger partial charge in [-0.05, 0) is 30.7 Å². The van der Waals surface area contributed by atoms with Crippen molar-refractivity contribution in [3.05, 3.63) is 53.8 Å². The number of anilines is 2. The van der Waals surface area contributed by atoms with Crippen molar-refractivity contribution in [3.63, 3.8) is 0 Å². The van der Waals surface area contributed by atoms with E-state index in [0.29, 0.717) is 24.9 Å². The van der Waals surface area contributed by atoms with Gasteiger partial charge in [0.25, 0.3) is 0 Å². The number of rotatable bonds is 5. The summed E-state index contributed by atoms with van der Waals surface area (Å²) in [7, 11) is 0. The minimum absolute atomic E-state index is 0.377. The molecule has 2 amide bonds. The number of nitrogens with one attached hydrogen (secondary N) is 2. The number of carbonyl (C=O) groups is 1. The van der Waals surface area contributed by atoms with Gasteiger partial charge in [0.1, 0.15) is 16.6 Å². The molecule has 4 rings (SSSR count). The molecule has 144 valence electrons. The summed E-state index contributed by atoms with van der Waals surface area (Å²) in [6.45, 7) is 3.11. The zero-order chi connectivity index (χ0) is 19.2. The number of carbonyl (C=O) groups excluding carboxylic acids is 1. The first kappa shape index (κ1) is 18.5. The van der Waals surface area contributed by atoms with E-state index in [-0.39, 0.29) is 6.03 Å². The van der Waals surface area contributed by atoms with Gasteiger partial charge in [0.2, 0.25) is 0 Å². The monoisotopic (exact) mass is 396 g/mol. The first-order chi connectivity index (χ1) is 13.8. The van der Waals surface area contributed by atoms with E-state index in [2.05, 4.69) is 30.5 Å². The van der Waals surface area contributed by atoms with Gasteiger partial charge < -0.3 is 4.74 Å². The molecule has 0 spiro atoms. The van der Waals surface area contributed by atoms with Crippen LogP contribution in [0.1, 0.15) is 12.1 Å². The van der Waals surface area contributed by atoms with Gasteiger partial charge in [0.15, 0.2) is 0 Å². The summed E-state index contributed by atoms with van der Waals surface area (Å²) >= 11 is 1.46. The predicted molar refractivity (Wildman–Crippen MR) is 108 cm³/mol. The van der Waals surface area contributed by atoms with Crippen molar-refractivity contribution in [1.29, 1.82) is 0 Å². The normalized spacial score (nSPS) is 14.6. The lowest BCUT2D eigenvalue weighted by atomic mass is 10.3. The largest absolute Gasteiger partial charge is 0.366 e. The third-order valence-corrected chi connectivity index (χ3v) is 5.04. The van der Waals surface area contributed by atoms with Gasteiger partial charge in [0.05, 0.1) is 12.4 Å². The van der Waals surface area contributed by atoms with Crippen LogP contribution in [0.5, 0.6) is 0 Å². The second kappa shape index (κ2) is 8.87. The Morgan fingerprint density at radius 1 is 1.14 bits per heavy atom. The smallest absolute Gasteiger partial charge is 0.326 e. The fourth-order valence-electron chi connectivity index (χ4n) is 2.86. The number of hydrogen-bond acceptors (Lipinski definition) is 7. The van der Waals surface area contributed by atoms with Gasteiger partial charge in [-0.3, -0.25) is 20.5 Å². The quantitative estimate of drug-likeness (QED) is 0.686. The summed E-state index contributed by atoms with van der Waals surface area (Å²) in [5.41, 5.74) is 1.85. The second-order valence-corrected chi connectivity index (χ2v) is 7.17. The molecule has 0 atom stereocenters. The number of hydrogen-bond donors (Lipinski definition) is 2. The minimum atomic E-state index is -0.377. The van der Waals surface area contributed by atoms with Crippen LogP contribution in [0, 0.1) is 0 Å². The molecule has 0 radical (unpaired) electrons. The summed E-state index contributed by atoms with van der Waals surface area (Å²) in [6.07, 6.45) is 4.45. The Bertz CT molecular complexity index is 927. The van der Waals surface area contributed by atoms with E-state index in [9.17, 15) is 4.79 Å². The van der Waals surface area contributed by atoms with Gasteiger partial charge in [-0.1, -0.05) is 6.07 Å². The van der Waals surface area contributed by atoms with Gasteiger partial charge in [-0.15, -0.1) is 11.3 Å². The topological polar surface area (TPSA) is 92.3 Å². The van der Waals surface area contributed by atoms with Crippen LogP contribution in [0.3, 0.4) is 0 Å². The highest BCUT2D eigenvalue weighted by Crippen LogP contribution is 2.25. The van der Waals surface area contributed by atoms with E-state index in [1.54, 1.807) is 23.8 Å². The lowest BCUT2D eigenvalue weighted by Crippen LogP contribution is -2.32. The molecule has 1 saturated heterocycles. The Kier molecular flexibility index (Phi) is 5.86.